The van der Waals surface area contributed by atoms with E-state index in [1.165, 1.54) is 12.4 Å². The molecule has 1 amide bonds. The van der Waals surface area contributed by atoms with Crippen LogP contribution in [-0.2, 0) is 0 Å². The van der Waals surface area contributed by atoms with Crippen LogP contribution in [0.4, 0.5) is 11.6 Å². The first-order valence-electron chi connectivity index (χ1n) is 6.00. The monoisotopic (exact) mass is 257 g/mol. The second kappa shape index (κ2) is 5.90. The number of amides is 1. The highest BCUT2D eigenvalue weighted by Crippen LogP contribution is 2.06. The van der Waals surface area contributed by atoms with E-state index in [4.69, 9.17) is 0 Å². The van der Waals surface area contributed by atoms with Crippen LogP contribution in [0.25, 0.3) is 0 Å². The van der Waals surface area contributed by atoms with Crippen molar-refractivity contribution in [3.63, 3.8) is 0 Å². The van der Waals surface area contributed by atoms with Crippen molar-refractivity contribution >= 4 is 17.5 Å². The molecule has 0 fully saturated rings. The van der Waals surface area contributed by atoms with Gasteiger partial charge in [-0.3, -0.25) is 4.79 Å². The van der Waals surface area contributed by atoms with Gasteiger partial charge in [0.2, 0.25) is 0 Å². The van der Waals surface area contributed by atoms with E-state index in [1.807, 2.05) is 26.0 Å². The molecule has 0 atom stereocenters. The Morgan fingerprint density at radius 3 is 2.68 bits per heavy atom. The number of hydrogen-bond donors (Lipinski definition) is 2. The molecule has 0 aliphatic heterocycles. The van der Waals surface area contributed by atoms with Gasteiger partial charge in [0, 0.05) is 12.2 Å². The van der Waals surface area contributed by atoms with Gasteiger partial charge in [0.05, 0.1) is 12.4 Å². The third-order valence-corrected chi connectivity index (χ3v) is 2.37. The number of hydrogen-bond acceptors (Lipinski definition) is 5. The molecule has 0 bridgehead atoms. The molecule has 0 unspecified atom stereocenters. The van der Waals surface area contributed by atoms with Gasteiger partial charge in [-0.1, -0.05) is 6.07 Å². The normalized spacial score (nSPS) is 10.0. The molecule has 0 radical (unpaired) electrons. The van der Waals surface area contributed by atoms with Gasteiger partial charge in [-0.15, -0.1) is 0 Å². The second-order valence-corrected chi connectivity index (χ2v) is 3.94. The zero-order valence-corrected chi connectivity index (χ0v) is 10.8. The summed E-state index contributed by atoms with van der Waals surface area (Å²) in [5.41, 5.74) is 1.09. The van der Waals surface area contributed by atoms with E-state index in [0.29, 0.717) is 11.6 Å². The van der Waals surface area contributed by atoms with Gasteiger partial charge < -0.3 is 10.6 Å². The Hall–Kier alpha value is -2.50. The number of carbonyl (C=O) groups excluding carboxylic acids is 1. The third-order valence-electron chi connectivity index (χ3n) is 2.37. The van der Waals surface area contributed by atoms with Crippen LogP contribution < -0.4 is 10.6 Å². The molecule has 19 heavy (non-hydrogen) atoms. The summed E-state index contributed by atoms with van der Waals surface area (Å²) in [6.07, 6.45) is 2.96. The van der Waals surface area contributed by atoms with E-state index >= 15 is 0 Å². The fraction of sp³-hybridized carbons (Fsp3) is 0.231. The van der Waals surface area contributed by atoms with Crippen molar-refractivity contribution in [2.24, 2.45) is 0 Å². The Kier molecular flexibility index (Phi) is 4.02. The molecular weight excluding hydrogens is 242 g/mol. The molecule has 2 rings (SSSR count). The number of aromatic nitrogens is 3. The van der Waals surface area contributed by atoms with Gasteiger partial charge in [-0.05, 0) is 26.0 Å². The number of nitrogens with one attached hydrogen (secondary N) is 2. The van der Waals surface area contributed by atoms with Crippen molar-refractivity contribution in [3.8, 4) is 0 Å². The quantitative estimate of drug-likeness (QED) is 0.874. The maximum Gasteiger partial charge on any atom is 0.277 e. The molecular formula is C13H15N5O. The highest BCUT2D eigenvalue weighted by molar-refractivity contribution is 6.02. The first kappa shape index (κ1) is 12.9. The zero-order chi connectivity index (χ0) is 13.7. The number of anilines is 2. The van der Waals surface area contributed by atoms with Crippen LogP contribution in [0.2, 0.25) is 0 Å². The average Bonchev–Trinajstić information content (AvgIpc) is 2.40. The summed E-state index contributed by atoms with van der Waals surface area (Å²) < 4.78 is 0. The molecule has 6 nitrogen and oxygen atoms in total. The maximum atomic E-state index is 11.9. The van der Waals surface area contributed by atoms with E-state index in [-0.39, 0.29) is 11.6 Å². The van der Waals surface area contributed by atoms with Crippen LogP contribution in [0.3, 0.4) is 0 Å². The number of nitrogens with zero attached hydrogens (tertiary/aromatic N) is 3. The number of aryl methyl sites for hydroxylation is 1. The second-order valence-electron chi connectivity index (χ2n) is 3.94. The summed E-state index contributed by atoms with van der Waals surface area (Å²) in [6, 6.07) is 5.42. The summed E-state index contributed by atoms with van der Waals surface area (Å²) in [6.45, 7) is 4.58. The predicted molar refractivity (Wildman–Crippen MR) is 73.1 cm³/mol. The molecule has 2 aromatic rings. The SMILES string of the molecule is CCNc1cnc(C(=O)Nc2cccc(C)n2)cn1. The minimum absolute atomic E-state index is 0.255. The van der Waals surface area contributed by atoms with Gasteiger partial charge in [-0.2, -0.15) is 0 Å². The van der Waals surface area contributed by atoms with Crippen LogP contribution >= 0.6 is 0 Å². The molecule has 0 saturated carbocycles. The average molecular weight is 257 g/mol. The third kappa shape index (κ3) is 3.48. The predicted octanol–water partition coefficient (Wildman–Crippen LogP) is 1.86. The lowest BCUT2D eigenvalue weighted by Crippen LogP contribution is -2.15. The van der Waals surface area contributed by atoms with Crippen molar-refractivity contribution in [2.45, 2.75) is 13.8 Å². The smallest absolute Gasteiger partial charge is 0.277 e. The van der Waals surface area contributed by atoms with E-state index in [0.717, 1.165) is 12.2 Å². The van der Waals surface area contributed by atoms with Gasteiger partial charge in [0.15, 0.2) is 0 Å². The summed E-state index contributed by atoms with van der Waals surface area (Å²) in [5.74, 6) is 0.823. The van der Waals surface area contributed by atoms with E-state index < -0.39 is 0 Å². The van der Waals surface area contributed by atoms with Crippen LogP contribution in [0, 0.1) is 6.92 Å². The highest BCUT2D eigenvalue weighted by Gasteiger charge is 2.09. The molecule has 0 aromatic carbocycles. The topological polar surface area (TPSA) is 79.8 Å². The number of rotatable bonds is 4. The first-order chi connectivity index (χ1) is 9.19. The summed E-state index contributed by atoms with van der Waals surface area (Å²) >= 11 is 0. The summed E-state index contributed by atoms with van der Waals surface area (Å²) in [5, 5.41) is 5.69. The Labute approximate surface area is 111 Å². The van der Waals surface area contributed by atoms with E-state index in [1.54, 1.807) is 6.07 Å². The molecule has 0 aliphatic carbocycles. The van der Waals surface area contributed by atoms with Crippen LogP contribution in [-0.4, -0.2) is 27.4 Å². The summed E-state index contributed by atoms with van der Waals surface area (Å²) in [4.78, 5) is 24.3. The van der Waals surface area contributed by atoms with Gasteiger partial charge in [0.25, 0.3) is 5.91 Å². The van der Waals surface area contributed by atoms with Crippen molar-refractivity contribution in [3.05, 3.63) is 42.0 Å². The fourth-order valence-electron chi connectivity index (χ4n) is 1.51. The largest absolute Gasteiger partial charge is 0.369 e. The lowest BCUT2D eigenvalue weighted by Gasteiger charge is -2.05. The maximum absolute atomic E-state index is 11.9. The Morgan fingerprint density at radius 2 is 2.05 bits per heavy atom. The Balaban J connectivity index is 2.07. The van der Waals surface area contributed by atoms with Crippen LogP contribution in [0.1, 0.15) is 23.1 Å². The Bertz CT molecular complexity index is 568. The van der Waals surface area contributed by atoms with E-state index in [2.05, 4.69) is 25.6 Å². The van der Waals surface area contributed by atoms with Gasteiger partial charge in [-0.25, -0.2) is 15.0 Å². The first-order valence-corrected chi connectivity index (χ1v) is 6.00. The molecule has 6 heteroatoms. The van der Waals surface area contributed by atoms with Crippen LogP contribution in [0.15, 0.2) is 30.6 Å². The van der Waals surface area contributed by atoms with Gasteiger partial charge in [0.1, 0.15) is 17.3 Å². The molecule has 0 aliphatic rings. The van der Waals surface area contributed by atoms with Crippen molar-refractivity contribution < 1.29 is 4.79 Å². The van der Waals surface area contributed by atoms with Gasteiger partial charge >= 0.3 is 0 Å². The molecule has 98 valence electrons. The lowest BCUT2D eigenvalue weighted by molar-refractivity contribution is 0.102. The molecule has 2 N–H and O–H groups in total. The molecule has 0 spiro atoms. The standard InChI is InChI=1S/C13H15N5O/c1-3-14-12-8-15-10(7-16-12)13(19)18-11-6-4-5-9(2)17-11/h4-8H,3H2,1-2H3,(H,14,16)(H,17,18,19). The number of carbonyl (C=O) groups is 1. The van der Waals surface area contributed by atoms with Crippen molar-refractivity contribution in [1.82, 2.24) is 15.0 Å². The Morgan fingerprint density at radius 1 is 1.21 bits per heavy atom. The van der Waals surface area contributed by atoms with Crippen molar-refractivity contribution in [1.29, 1.82) is 0 Å². The zero-order valence-electron chi connectivity index (χ0n) is 10.8. The minimum atomic E-state index is -0.325. The lowest BCUT2D eigenvalue weighted by atomic mass is 10.3. The highest BCUT2D eigenvalue weighted by atomic mass is 16.1. The fourth-order valence-corrected chi connectivity index (χ4v) is 1.51. The molecule has 2 heterocycles. The van der Waals surface area contributed by atoms with Crippen LogP contribution in [0.5, 0.6) is 0 Å². The molecule has 0 saturated heterocycles. The van der Waals surface area contributed by atoms with E-state index in [9.17, 15) is 4.79 Å². The van der Waals surface area contributed by atoms with Crippen molar-refractivity contribution in [2.75, 3.05) is 17.2 Å². The minimum Gasteiger partial charge on any atom is -0.369 e. The number of pyridine rings is 1. The summed E-state index contributed by atoms with van der Waals surface area (Å²) in [7, 11) is 0. The molecule has 2 aromatic heterocycles.